The number of aryl methyl sites for hydroxylation is 1. The molecule has 0 spiro atoms. The number of nitrogens with one attached hydrogen (secondary N) is 1. The van der Waals surface area contributed by atoms with E-state index in [1.165, 1.54) is 12.7 Å². The number of rotatable bonds is 2. The zero-order valence-electron chi connectivity index (χ0n) is 14.3. The Morgan fingerprint density at radius 1 is 1.20 bits per heavy atom. The number of ether oxygens (including phenoxy) is 1. The molecule has 0 saturated carbocycles. The summed E-state index contributed by atoms with van der Waals surface area (Å²) in [6.45, 7) is 2.07. The van der Waals surface area contributed by atoms with Crippen molar-refractivity contribution < 1.29 is 9.53 Å². The van der Waals surface area contributed by atoms with Crippen LogP contribution in [-0.2, 0) is 4.74 Å². The molecule has 3 atom stereocenters. The minimum absolute atomic E-state index is 0.191. The van der Waals surface area contributed by atoms with Gasteiger partial charge in [0.1, 0.15) is 0 Å². The van der Waals surface area contributed by atoms with Gasteiger partial charge < -0.3 is 10.1 Å². The summed E-state index contributed by atoms with van der Waals surface area (Å²) in [6.07, 6.45) is 5.44. The van der Waals surface area contributed by atoms with Crippen molar-refractivity contribution in [2.24, 2.45) is 5.92 Å². The van der Waals surface area contributed by atoms with E-state index in [0.29, 0.717) is 11.5 Å². The molecule has 128 valence electrons. The van der Waals surface area contributed by atoms with Gasteiger partial charge in [-0.3, -0.25) is 0 Å². The van der Waals surface area contributed by atoms with Crippen LogP contribution in [-0.4, -0.2) is 13.1 Å². The summed E-state index contributed by atoms with van der Waals surface area (Å²) < 4.78 is 5.01. The van der Waals surface area contributed by atoms with Gasteiger partial charge in [0.05, 0.1) is 18.7 Å². The van der Waals surface area contributed by atoms with Crippen LogP contribution in [0.15, 0.2) is 48.6 Å². The first-order valence-corrected chi connectivity index (χ1v) is 8.88. The number of carbonyl (C=O) groups excluding carboxylic acids is 1. The summed E-state index contributed by atoms with van der Waals surface area (Å²) in [5, 5.41) is 4.44. The zero-order valence-corrected chi connectivity index (χ0v) is 15.0. The molecular weight excluding hydrogens is 334 g/mol. The van der Waals surface area contributed by atoms with Gasteiger partial charge in [-0.25, -0.2) is 4.79 Å². The van der Waals surface area contributed by atoms with E-state index in [1.54, 1.807) is 0 Å². The summed E-state index contributed by atoms with van der Waals surface area (Å²) in [5.74, 6) is 0.312. The first-order chi connectivity index (χ1) is 12.1. The van der Waals surface area contributed by atoms with Crippen LogP contribution in [0.4, 0.5) is 5.69 Å². The van der Waals surface area contributed by atoms with Gasteiger partial charge in [0.25, 0.3) is 0 Å². The lowest BCUT2D eigenvalue weighted by atomic mass is 9.75. The third-order valence-electron chi connectivity index (χ3n) is 5.36. The third kappa shape index (κ3) is 2.63. The molecule has 4 heteroatoms. The zero-order chi connectivity index (χ0) is 17.6. The second-order valence-corrected chi connectivity index (χ2v) is 7.17. The molecule has 0 amide bonds. The topological polar surface area (TPSA) is 38.3 Å². The Bertz CT molecular complexity index is 857. The Labute approximate surface area is 152 Å². The number of methoxy groups -OCH3 is 1. The molecule has 0 unspecified atom stereocenters. The molecule has 25 heavy (non-hydrogen) atoms. The smallest absolute Gasteiger partial charge is 0.338 e. The van der Waals surface area contributed by atoms with Crippen molar-refractivity contribution in [3.05, 3.63) is 75.8 Å². The highest BCUT2D eigenvalue weighted by molar-refractivity contribution is 6.30. The largest absolute Gasteiger partial charge is 0.465 e. The molecule has 1 N–H and O–H groups in total. The Balaban J connectivity index is 1.85. The number of halogens is 1. The monoisotopic (exact) mass is 353 g/mol. The van der Waals surface area contributed by atoms with Crippen molar-refractivity contribution in [1.29, 1.82) is 0 Å². The van der Waals surface area contributed by atoms with Crippen LogP contribution >= 0.6 is 11.6 Å². The summed E-state index contributed by atoms with van der Waals surface area (Å²) in [4.78, 5) is 12.3. The molecule has 3 nitrogen and oxygen atoms in total. The Hall–Kier alpha value is -2.26. The maximum Gasteiger partial charge on any atom is 0.338 e. The molecule has 2 aromatic carbocycles. The lowest BCUT2D eigenvalue weighted by Gasteiger charge is -2.39. The number of hydrogen-bond acceptors (Lipinski definition) is 3. The van der Waals surface area contributed by atoms with Crippen LogP contribution in [0.5, 0.6) is 0 Å². The fourth-order valence-corrected chi connectivity index (χ4v) is 4.27. The van der Waals surface area contributed by atoms with Gasteiger partial charge in [0.2, 0.25) is 0 Å². The normalized spacial score (nSPS) is 23.6. The molecule has 2 aromatic rings. The quantitative estimate of drug-likeness (QED) is 0.591. The average Bonchev–Trinajstić information content (AvgIpc) is 3.11. The van der Waals surface area contributed by atoms with Crippen molar-refractivity contribution in [1.82, 2.24) is 0 Å². The number of allylic oxidation sites excluding steroid dienone is 2. The predicted molar refractivity (Wildman–Crippen MR) is 100 cm³/mol. The van der Waals surface area contributed by atoms with Gasteiger partial charge >= 0.3 is 5.97 Å². The van der Waals surface area contributed by atoms with Crippen LogP contribution in [0.1, 0.15) is 45.4 Å². The maximum atomic E-state index is 12.3. The fourth-order valence-electron chi connectivity index (χ4n) is 4.14. The highest BCUT2D eigenvalue weighted by Gasteiger charge is 2.40. The van der Waals surface area contributed by atoms with Crippen LogP contribution in [0.25, 0.3) is 0 Å². The van der Waals surface area contributed by atoms with Gasteiger partial charge in [-0.15, -0.1) is 0 Å². The number of carbonyl (C=O) groups is 1. The van der Waals surface area contributed by atoms with Gasteiger partial charge in [-0.05, 0) is 54.2 Å². The third-order valence-corrected chi connectivity index (χ3v) is 5.61. The van der Waals surface area contributed by atoms with Crippen LogP contribution in [0, 0.1) is 12.8 Å². The molecule has 0 aromatic heterocycles. The van der Waals surface area contributed by atoms with Crippen molar-refractivity contribution in [3.63, 3.8) is 0 Å². The van der Waals surface area contributed by atoms with E-state index in [2.05, 4.69) is 36.5 Å². The van der Waals surface area contributed by atoms with Crippen molar-refractivity contribution >= 4 is 23.3 Å². The van der Waals surface area contributed by atoms with E-state index < -0.39 is 0 Å². The van der Waals surface area contributed by atoms with Crippen molar-refractivity contribution in [2.45, 2.75) is 25.3 Å². The molecule has 1 heterocycles. The molecule has 2 aliphatic rings. The SMILES string of the molecule is COC(=O)c1ccc(C)c2c1[C@H]1C=CC[C@H]1[C@@H](c1ccc(Cl)cc1)N2. The molecule has 1 aliphatic heterocycles. The van der Waals surface area contributed by atoms with E-state index >= 15 is 0 Å². The first kappa shape index (κ1) is 16.2. The van der Waals surface area contributed by atoms with Gasteiger partial charge in [0.15, 0.2) is 0 Å². The van der Waals surface area contributed by atoms with E-state index in [0.717, 1.165) is 28.3 Å². The van der Waals surface area contributed by atoms with Gasteiger partial charge in [-0.2, -0.15) is 0 Å². The molecule has 4 rings (SSSR count). The Morgan fingerprint density at radius 3 is 2.68 bits per heavy atom. The van der Waals surface area contributed by atoms with Gasteiger partial charge in [-0.1, -0.05) is 42.0 Å². The fraction of sp³-hybridized carbons (Fsp3) is 0.286. The second kappa shape index (κ2) is 6.23. The molecule has 1 aliphatic carbocycles. The summed E-state index contributed by atoms with van der Waals surface area (Å²) in [6, 6.07) is 12.1. The molecule has 0 saturated heterocycles. The lowest BCUT2D eigenvalue weighted by molar-refractivity contribution is 0.0598. The Morgan fingerprint density at radius 2 is 1.96 bits per heavy atom. The average molecular weight is 354 g/mol. The minimum Gasteiger partial charge on any atom is -0.465 e. The first-order valence-electron chi connectivity index (χ1n) is 8.50. The van der Waals surface area contributed by atoms with Crippen LogP contribution in [0.3, 0.4) is 0 Å². The summed E-state index contributed by atoms with van der Waals surface area (Å²) >= 11 is 6.06. The number of fused-ring (bicyclic) bond motifs is 3. The molecule has 0 radical (unpaired) electrons. The number of hydrogen-bond donors (Lipinski definition) is 1. The standard InChI is InChI=1S/C21H20ClNO2/c1-12-6-11-17(21(24)25-2)18-15-4-3-5-16(15)20(23-19(12)18)13-7-9-14(22)10-8-13/h3-4,6-11,15-16,20,23H,5H2,1-2H3/t15-,16+,20+/m0/s1. The van der Waals surface area contributed by atoms with E-state index in [-0.39, 0.29) is 17.9 Å². The van der Waals surface area contributed by atoms with E-state index in [9.17, 15) is 4.79 Å². The molecular formula is C21H20ClNO2. The number of benzene rings is 2. The number of esters is 1. The summed E-state index contributed by atoms with van der Waals surface area (Å²) in [5.41, 5.74) is 5.13. The van der Waals surface area contributed by atoms with Crippen molar-refractivity contribution in [2.75, 3.05) is 12.4 Å². The van der Waals surface area contributed by atoms with Crippen LogP contribution in [0.2, 0.25) is 5.02 Å². The maximum absolute atomic E-state index is 12.3. The minimum atomic E-state index is -0.276. The lowest BCUT2D eigenvalue weighted by Crippen LogP contribution is -2.31. The van der Waals surface area contributed by atoms with Crippen molar-refractivity contribution in [3.8, 4) is 0 Å². The second-order valence-electron chi connectivity index (χ2n) is 6.74. The van der Waals surface area contributed by atoms with Gasteiger partial charge in [0, 0.05) is 16.6 Å². The number of anilines is 1. The van der Waals surface area contributed by atoms with E-state index in [1.807, 2.05) is 24.3 Å². The molecule has 0 bridgehead atoms. The van der Waals surface area contributed by atoms with Crippen LogP contribution < -0.4 is 5.32 Å². The highest BCUT2D eigenvalue weighted by atomic mass is 35.5. The predicted octanol–water partition coefficient (Wildman–Crippen LogP) is 5.26. The molecule has 0 fully saturated rings. The van der Waals surface area contributed by atoms with E-state index in [4.69, 9.17) is 16.3 Å². The Kier molecular flexibility index (Phi) is 4.04. The highest BCUT2D eigenvalue weighted by Crippen LogP contribution is 2.51. The summed E-state index contributed by atoms with van der Waals surface area (Å²) in [7, 11) is 1.43.